The van der Waals surface area contributed by atoms with Crippen molar-refractivity contribution >= 4 is 0 Å². The van der Waals surface area contributed by atoms with E-state index in [1.807, 2.05) is 0 Å². The van der Waals surface area contributed by atoms with Crippen molar-refractivity contribution in [2.24, 2.45) is 0 Å². The maximum atomic E-state index is 8.92. The molecule has 16 heavy (non-hydrogen) atoms. The van der Waals surface area contributed by atoms with Gasteiger partial charge in [-0.3, -0.25) is 0 Å². The van der Waals surface area contributed by atoms with E-state index < -0.39 is 0 Å². The number of hydrogen-bond donors (Lipinski definition) is 1. The first-order chi connectivity index (χ1) is 7.85. The van der Waals surface area contributed by atoms with E-state index in [-0.39, 0.29) is 6.61 Å². The molecule has 0 fully saturated rings. The monoisotopic (exact) mass is 233 g/mol. The fourth-order valence-electron chi connectivity index (χ4n) is 1.49. The Labute approximate surface area is 99.5 Å². The third kappa shape index (κ3) is 10.4. The number of methoxy groups -OCH3 is 1. The van der Waals surface area contributed by atoms with Gasteiger partial charge in [-0.1, -0.05) is 13.3 Å². The molecule has 0 saturated heterocycles. The third-order valence-electron chi connectivity index (χ3n) is 2.44. The molecule has 98 valence electrons. The Hall–Kier alpha value is -0.160. The zero-order valence-corrected chi connectivity index (χ0v) is 10.8. The van der Waals surface area contributed by atoms with Crippen molar-refractivity contribution < 1.29 is 14.6 Å². The van der Waals surface area contributed by atoms with Crippen LogP contribution in [0.25, 0.3) is 0 Å². The number of rotatable bonds is 12. The van der Waals surface area contributed by atoms with Crippen LogP contribution in [0.1, 0.15) is 26.2 Å². The molecular weight excluding hydrogens is 206 g/mol. The van der Waals surface area contributed by atoms with Crippen molar-refractivity contribution in [3.63, 3.8) is 0 Å². The number of nitrogens with zero attached hydrogens (tertiary/aromatic N) is 1. The molecule has 0 heterocycles. The molecule has 0 radical (unpaired) electrons. The van der Waals surface area contributed by atoms with Gasteiger partial charge in [0.25, 0.3) is 0 Å². The maximum Gasteiger partial charge on any atom is 0.0700 e. The molecule has 0 aliphatic carbocycles. The van der Waals surface area contributed by atoms with Crippen molar-refractivity contribution in [2.75, 3.05) is 53.2 Å². The lowest BCUT2D eigenvalue weighted by Gasteiger charge is -2.20. The van der Waals surface area contributed by atoms with E-state index in [9.17, 15) is 0 Å². The van der Waals surface area contributed by atoms with Crippen LogP contribution >= 0.6 is 0 Å². The van der Waals surface area contributed by atoms with E-state index in [4.69, 9.17) is 14.6 Å². The summed E-state index contributed by atoms with van der Waals surface area (Å²) in [6, 6.07) is 0. The molecular formula is C12H27NO3. The highest BCUT2D eigenvalue weighted by Crippen LogP contribution is 1.97. The molecule has 0 rings (SSSR count). The Morgan fingerprint density at radius 2 is 1.75 bits per heavy atom. The molecule has 0 bridgehead atoms. The van der Waals surface area contributed by atoms with Crippen molar-refractivity contribution in [3.05, 3.63) is 0 Å². The largest absolute Gasteiger partial charge is 0.395 e. The number of aliphatic hydroxyl groups is 1. The molecule has 0 aliphatic heterocycles. The second-order valence-electron chi connectivity index (χ2n) is 3.88. The Morgan fingerprint density at radius 3 is 2.38 bits per heavy atom. The van der Waals surface area contributed by atoms with Crippen LogP contribution in [0, 0.1) is 0 Å². The van der Waals surface area contributed by atoms with Gasteiger partial charge in [0.2, 0.25) is 0 Å². The van der Waals surface area contributed by atoms with Gasteiger partial charge >= 0.3 is 0 Å². The average Bonchev–Trinajstić information content (AvgIpc) is 2.30. The summed E-state index contributed by atoms with van der Waals surface area (Å²) >= 11 is 0. The van der Waals surface area contributed by atoms with Crippen LogP contribution in [-0.4, -0.2) is 63.2 Å². The molecule has 1 N–H and O–H groups in total. The lowest BCUT2D eigenvalue weighted by Crippen LogP contribution is -2.29. The predicted octanol–water partition coefficient (Wildman–Crippen LogP) is 1.13. The lowest BCUT2D eigenvalue weighted by molar-refractivity contribution is 0.0641. The molecule has 0 unspecified atom stereocenters. The van der Waals surface area contributed by atoms with Gasteiger partial charge in [0.15, 0.2) is 0 Å². The summed E-state index contributed by atoms with van der Waals surface area (Å²) in [7, 11) is 1.68. The van der Waals surface area contributed by atoms with Gasteiger partial charge in [-0.25, -0.2) is 0 Å². The first-order valence-corrected chi connectivity index (χ1v) is 6.25. The Bertz CT molecular complexity index is 133. The van der Waals surface area contributed by atoms with E-state index in [0.29, 0.717) is 13.2 Å². The van der Waals surface area contributed by atoms with Crippen molar-refractivity contribution in [1.82, 2.24) is 4.90 Å². The molecule has 0 aromatic rings. The summed E-state index contributed by atoms with van der Waals surface area (Å²) in [5.41, 5.74) is 0. The molecule has 4 heteroatoms. The second kappa shape index (κ2) is 12.9. The van der Waals surface area contributed by atoms with Crippen LogP contribution in [0.4, 0.5) is 0 Å². The van der Waals surface area contributed by atoms with E-state index in [1.54, 1.807) is 7.11 Å². The smallest absolute Gasteiger partial charge is 0.0700 e. The van der Waals surface area contributed by atoms with Gasteiger partial charge in [0.05, 0.1) is 19.8 Å². The lowest BCUT2D eigenvalue weighted by atomic mass is 10.3. The highest BCUT2D eigenvalue weighted by atomic mass is 16.5. The van der Waals surface area contributed by atoms with Gasteiger partial charge in [-0.15, -0.1) is 0 Å². The number of aliphatic hydroxyl groups excluding tert-OH is 1. The Balaban J connectivity index is 3.36. The van der Waals surface area contributed by atoms with Gasteiger partial charge in [-0.2, -0.15) is 0 Å². The highest BCUT2D eigenvalue weighted by Gasteiger charge is 2.02. The van der Waals surface area contributed by atoms with Crippen LogP contribution in [-0.2, 0) is 9.47 Å². The standard InChI is InChI=1S/C12H27NO3/c1-3-4-6-13(8-9-14)7-5-10-16-12-11-15-2/h14H,3-12H2,1-2H3. The summed E-state index contributed by atoms with van der Waals surface area (Å²) in [6.45, 7) is 7.40. The maximum absolute atomic E-state index is 8.92. The van der Waals surface area contributed by atoms with E-state index in [1.165, 1.54) is 12.8 Å². The average molecular weight is 233 g/mol. The Kier molecular flexibility index (Phi) is 12.8. The summed E-state index contributed by atoms with van der Waals surface area (Å²) in [5.74, 6) is 0. The zero-order chi connectivity index (χ0) is 12.1. The van der Waals surface area contributed by atoms with Crippen LogP contribution < -0.4 is 0 Å². The summed E-state index contributed by atoms with van der Waals surface area (Å²) in [6.07, 6.45) is 3.42. The van der Waals surface area contributed by atoms with Gasteiger partial charge in [-0.05, 0) is 19.4 Å². The fraction of sp³-hybridized carbons (Fsp3) is 1.00. The normalized spacial score (nSPS) is 11.2. The summed E-state index contributed by atoms with van der Waals surface area (Å²) in [5, 5.41) is 8.92. The molecule has 0 amide bonds. The minimum Gasteiger partial charge on any atom is -0.395 e. The number of hydrogen-bond acceptors (Lipinski definition) is 4. The molecule has 0 atom stereocenters. The molecule has 0 saturated carbocycles. The van der Waals surface area contributed by atoms with Crippen molar-refractivity contribution in [3.8, 4) is 0 Å². The van der Waals surface area contributed by atoms with Crippen LogP contribution in [0.5, 0.6) is 0 Å². The van der Waals surface area contributed by atoms with Crippen LogP contribution in [0.3, 0.4) is 0 Å². The third-order valence-corrected chi connectivity index (χ3v) is 2.44. The molecule has 0 aromatic carbocycles. The summed E-state index contributed by atoms with van der Waals surface area (Å²) < 4.78 is 10.3. The molecule has 0 aromatic heterocycles. The fourth-order valence-corrected chi connectivity index (χ4v) is 1.49. The molecule has 0 aliphatic rings. The van der Waals surface area contributed by atoms with Gasteiger partial charge in [0, 0.05) is 26.8 Å². The SMILES string of the molecule is CCCCN(CCO)CCCOCCOC. The van der Waals surface area contributed by atoms with E-state index in [0.717, 1.165) is 32.7 Å². The van der Waals surface area contributed by atoms with Crippen molar-refractivity contribution in [1.29, 1.82) is 0 Å². The molecule has 0 spiro atoms. The first kappa shape index (κ1) is 15.8. The molecule has 4 nitrogen and oxygen atoms in total. The number of unbranched alkanes of at least 4 members (excludes halogenated alkanes) is 1. The van der Waals surface area contributed by atoms with Gasteiger partial charge < -0.3 is 19.5 Å². The van der Waals surface area contributed by atoms with Crippen LogP contribution in [0.2, 0.25) is 0 Å². The minimum atomic E-state index is 0.244. The quantitative estimate of drug-likeness (QED) is 0.513. The predicted molar refractivity (Wildman–Crippen MR) is 65.7 cm³/mol. The topological polar surface area (TPSA) is 41.9 Å². The van der Waals surface area contributed by atoms with E-state index >= 15 is 0 Å². The first-order valence-electron chi connectivity index (χ1n) is 6.25. The zero-order valence-electron chi connectivity index (χ0n) is 10.8. The Morgan fingerprint density at radius 1 is 1.00 bits per heavy atom. The summed E-state index contributed by atoms with van der Waals surface area (Å²) in [4.78, 5) is 2.29. The van der Waals surface area contributed by atoms with Crippen LogP contribution in [0.15, 0.2) is 0 Å². The van der Waals surface area contributed by atoms with Gasteiger partial charge in [0.1, 0.15) is 0 Å². The van der Waals surface area contributed by atoms with Crippen molar-refractivity contribution in [2.45, 2.75) is 26.2 Å². The second-order valence-corrected chi connectivity index (χ2v) is 3.88. The minimum absolute atomic E-state index is 0.244. The highest BCUT2D eigenvalue weighted by molar-refractivity contribution is 4.56. The number of ether oxygens (including phenoxy) is 2. The van der Waals surface area contributed by atoms with E-state index in [2.05, 4.69) is 11.8 Å².